The van der Waals surface area contributed by atoms with Crippen LogP contribution in [0.4, 0.5) is 4.79 Å². The molecule has 15 heavy (non-hydrogen) atoms. The summed E-state index contributed by atoms with van der Waals surface area (Å²) < 4.78 is 24.0. The largest absolute Gasteiger partial charge is 0.464 e. The SMILES string of the molecule is CCN(C(=O)O)S(=O)(=O)c1ccc(Cl)s1. The molecule has 1 amide bonds. The molecule has 1 aromatic heterocycles. The van der Waals surface area contributed by atoms with Crippen molar-refractivity contribution in [2.75, 3.05) is 6.54 Å². The summed E-state index contributed by atoms with van der Waals surface area (Å²) in [6.45, 7) is 1.31. The van der Waals surface area contributed by atoms with E-state index in [0.717, 1.165) is 11.3 Å². The van der Waals surface area contributed by atoms with Crippen LogP contribution in [0, 0.1) is 0 Å². The van der Waals surface area contributed by atoms with Gasteiger partial charge in [0, 0.05) is 6.54 Å². The number of carbonyl (C=O) groups is 1. The van der Waals surface area contributed by atoms with Gasteiger partial charge in [0.15, 0.2) is 0 Å². The van der Waals surface area contributed by atoms with Crippen LogP contribution in [0.25, 0.3) is 0 Å². The molecule has 0 spiro atoms. The molecular weight excluding hydrogens is 262 g/mol. The Balaban J connectivity index is 3.17. The summed E-state index contributed by atoms with van der Waals surface area (Å²) in [7, 11) is -3.96. The molecular formula is C7H8ClNO4S2. The number of nitrogens with zero attached hydrogens (tertiary/aromatic N) is 1. The van der Waals surface area contributed by atoms with E-state index in [0.29, 0.717) is 8.64 Å². The third kappa shape index (κ3) is 2.42. The maximum Gasteiger partial charge on any atom is 0.421 e. The van der Waals surface area contributed by atoms with E-state index in [-0.39, 0.29) is 10.8 Å². The highest BCUT2D eigenvalue weighted by Gasteiger charge is 2.28. The Hall–Kier alpha value is -0.790. The molecule has 0 bridgehead atoms. The Morgan fingerprint density at radius 3 is 2.53 bits per heavy atom. The summed E-state index contributed by atoms with van der Waals surface area (Å²) in [6.07, 6.45) is -1.50. The van der Waals surface area contributed by atoms with Gasteiger partial charge < -0.3 is 5.11 Å². The lowest BCUT2D eigenvalue weighted by molar-refractivity contribution is 0.174. The number of rotatable bonds is 3. The molecule has 1 rings (SSSR count). The van der Waals surface area contributed by atoms with Gasteiger partial charge in [-0.05, 0) is 19.1 Å². The highest BCUT2D eigenvalue weighted by Crippen LogP contribution is 2.27. The molecule has 8 heteroatoms. The third-order valence-corrected chi connectivity index (χ3v) is 5.14. The lowest BCUT2D eigenvalue weighted by Crippen LogP contribution is -2.35. The summed E-state index contributed by atoms with van der Waals surface area (Å²) >= 11 is 6.41. The average Bonchev–Trinajstić information content (AvgIpc) is 2.52. The number of hydrogen-bond acceptors (Lipinski definition) is 4. The van der Waals surface area contributed by atoms with Gasteiger partial charge in [0.05, 0.1) is 4.34 Å². The van der Waals surface area contributed by atoms with Gasteiger partial charge in [0.25, 0.3) is 10.0 Å². The highest BCUT2D eigenvalue weighted by atomic mass is 35.5. The molecule has 0 atom stereocenters. The Morgan fingerprint density at radius 2 is 2.20 bits per heavy atom. The van der Waals surface area contributed by atoms with Crippen LogP contribution in [-0.2, 0) is 10.0 Å². The van der Waals surface area contributed by atoms with Gasteiger partial charge in [0.2, 0.25) is 0 Å². The van der Waals surface area contributed by atoms with Crippen LogP contribution in [0.15, 0.2) is 16.3 Å². The molecule has 0 aliphatic carbocycles. The van der Waals surface area contributed by atoms with Crippen molar-refractivity contribution >= 4 is 39.1 Å². The van der Waals surface area contributed by atoms with Gasteiger partial charge in [0.1, 0.15) is 4.21 Å². The maximum absolute atomic E-state index is 11.7. The topological polar surface area (TPSA) is 74.7 Å². The van der Waals surface area contributed by atoms with Crippen LogP contribution >= 0.6 is 22.9 Å². The van der Waals surface area contributed by atoms with E-state index in [1.807, 2.05) is 0 Å². The van der Waals surface area contributed by atoms with Crippen molar-refractivity contribution in [3.63, 3.8) is 0 Å². The molecule has 1 aromatic rings. The molecule has 1 N–H and O–H groups in total. The third-order valence-electron chi connectivity index (χ3n) is 1.59. The molecule has 0 saturated carbocycles. The van der Waals surface area contributed by atoms with Crippen molar-refractivity contribution in [2.24, 2.45) is 0 Å². The van der Waals surface area contributed by atoms with Crippen LogP contribution in [0.1, 0.15) is 6.92 Å². The second-order valence-corrected chi connectivity index (χ2v) is 6.32. The second-order valence-electron chi connectivity index (χ2n) is 2.51. The zero-order valence-corrected chi connectivity index (χ0v) is 10.1. The highest BCUT2D eigenvalue weighted by molar-refractivity contribution is 7.91. The molecule has 0 radical (unpaired) electrons. The molecule has 0 saturated heterocycles. The van der Waals surface area contributed by atoms with Crippen LogP contribution in [0.5, 0.6) is 0 Å². The van der Waals surface area contributed by atoms with E-state index in [4.69, 9.17) is 16.7 Å². The molecule has 0 aliphatic rings. The number of amides is 1. The first-order valence-electron chi connectivity index (χ1n) is 3.90. The fourth-order valence-corrected chi connectivity index (χ4v) is 3.83. The molecule has 5 nitrogen and oxygen atoms in total. The van der Waals surface area contributed by atoms with E-state index in [9.17, 15) is 13.2 Å². The summed E-state index contributed by atoms with van der Waals surface area (Å²) in [6, 6.07) is 2.70. The minimum atomic E-state index is -3.96. The normalized spacial score (nSPS) is 11.3. The predicted octanol–water partition coefficient (Wildman–Crippen LogP) is 2.09. The average molecular weight is 270 g/mol. The van der Waals surface area contributed by atoms with Crippen molar-refractivity contribution in [3.05, 3.63) is 16.5 Å². The number of carboxylic acid groups (broad SMARTS) is 1. The standard InChI is InChI=1S/C7H8ClNO4S2/c1-2-9(7(10)11)15(12,13)6-4-3-5(8)14-6/h3-4H,2H2,1H3,(H,10,11). The van der Waals surface area contributed by atoms with E-state index in [2.05, 4.69) is 0 Å². The fourth-order valence-electron chi connectivity index (χ4n) is 0.953. The predicted molar refractivity (Wildman–Crippen MR) is 56.9 cm³/mol. The zero-order valence-electron chi connectivity index (χ0n) is 7.68. The monoisotopic (exact) mass is 269 g/mol. The Bertz CT molecular complexity index is 467. The van der Waals surface area contributed by atoms with Gasteiger partial charge in [-0.2, -0.15) is 8.42 Å². The summed E-state index contributed by atoms with van der Waals surface area (Å²) in [5.74, 6) is 0. The van der Waals surface area contributed by atoms with Crippen molar-refractivity contribution in [2.45, 2.75) is 11.1 Å². The summed E-state index contributed by atoms with van der Waals surface area (Å²) in [5.41, 5.74) is 0. The van der Waals surface area contributed by atoms with Crippen molar-refractivity contribution in [1.29, 1.82) is 0 Å². The second kappa shape index (κ2) is 4.38. The van der Waals surface area contributed by atoms with Gasteiger partial charge >= 0.3 is 6.09 Å². The Labute approximate surface area is 95.9 Å². The first kappa shape index (κ1) is 12.3. The van der Waals surface area contributed by atoms with Crippen LogP contribution < -0.4 is 0 Å². The summed E-state index contributed by atoms with van der Waals surface area (Å²) in [5, 5.41) is 8.70. The van der Waals surface area contributed by atoms with Gasteiger partial charge in [-0.1, -0.05) is 11.6 Å². The molecule has 0 aliphatic heterocycles. The van der Waals surface area contributed by atoms with Crippen molar-refractivity contribution in [3.8, 4) is 0 Å². The van der Waals surface area contributed by atoms with Gasteiger partial charge in [-0.25, -0.2) is 9.10 Å². The van der Waals surface area contributed by atoms with Gasteiger partial charge in [-0.15, -0.1) is 11.3 Å². The van der Waals surface area contributed by atoms with E-state index < -0.39 is 16.1 Å². The maximum atomic E-state index is 11.7. The lowest BCUT2D eigenvalue weighted by Gasteiger charge is -2.15. The minimum Gasteiger partial charge on any atom is -0.464 e. The first-order valence-corrected chi connectivity index (χ1v) is 6.54. The minimum absolute atomic E-state index is 0.0725. The number of halogens is 1. The quantitative estimate of drug-likeness (QED) is 0.912. The molecule has 1 heterocycles. The number of sulfonamides is 1. The number of thiophene rings is 1. The zero-order chi connectivity index (χ0) is 11.6. The molecule has 84 valence electrons. The van der Waals surface area contributed by atoms with E-state index >= 15 is 0 Å². The molecule has 0 aromatic carbocycles. The first-order chi connectivity index (χ1) is 6.89. The van der Waals surface area contributed by atoms with Crippen molar-refractivity contribution in [1.82, 2.24) is 4.31 Å². The molecule has 0 unspecified atom stereocenters. The lowest BCUT2D eigenvalue weighted by atomic mass is 10.7. The van der Waals surface area contributed by atoms with Crippen LogP contribution in [0.3, 0.4) is 0 Å². The smallest absolute Gasteiger partial charge is 0.421 e. The van der Waals surface area contributed by atoms with Crippen molar-refractivity contribution < 1.29 is 18.3 Å². The summed E-state index contributed by atoms with van der Waals surface area (Å²) in [4.78, 5) is 10.7. The number of hydrogen-bond donors (Lipinski definition) is 1. The van der Waals surface area contributed by atoms with E-state index in [1.165, 1.54) is 19.1 Å². The Kier molecular flexibility index (Phi) is 3.58. The van der Waals surface area contributed by atoms with Gasteiger partial charge in [-0.3, -0.25) is 0 Å². The Morgan fingerprint density at radius 1 is 1.60 bits per heavy atom. The fraction of sp³-hybridized carbons (Fsp3) is 0.286. The van der Waals surface area contributed by atoms with Crippen LogP contribution in [0.2, 0.25) is 4.34 Å². The van der Waals surface area contributed by atoms with Crippen LogP contribution in [-0.4, -0.2) is 30.5 Å². The van der Waals surface area contributed by atoms with E-state index in [1.54, 1.807) is 0 Å². The molecule has 0 fully saturated rings.